The number of nitrogens with one attached hydrogen (secondary N) is 1. The van der Waals surface area contributed by atoms with E-state index in [0.29, 0.717) is 13.1 Å². The minimum absolute atomic E-state index is 0.162. The van der Waals surface area contributed by atoms with Crippen LogP contribution >= 0.6 is 0 Å². The average Bonchev–Trinajstić information content (AvgIpc) is 2.15. The lowest BCUT2D eigenvalue weighted by Gasteiger charge is -2.21. The van der Waals surface area contributed by atoms with E-state index in [9.17, 15) is 8.42 Å². The van der Waals surface area contributed by atoms with Crippen LogP contribution in [-0.2, 0) is 10.2 Å². The van der Waals surface area contributed by atoms with Crippen LogP contribution in [-0.4, -0.2) is 38.4 Å². The quantitative estimate of drug-likeness (QED) is 0.637. The van der Waals surface area contributed by atoms with E-state index in [-0.39, 0.29) is 12.6 Å². The van der Waals surface area contributed by atoms with Crippen LogP contribution in [0, 0.1) is 0 Å². The first-order chi connectivity index (χ1) is 6.94. The molecule has 0 aliphatic heterocycles. The average molecular weight is 237 g/mol. The molecule has 92 valence electrons. The van der Waals surface area contributed by atoms with Gasteiger partial charge in [0.2, 0.25) is 0 Å². The van der Waals surface area contributed by atoms with Gasteiger partial charge in [-0.1, -0.05) is 13.8 Å². The van der Waals surface area contributed by atoms with Crippen molar-refractivity contribution in [3.8, 4) is 0 Å². The van der Waals surface area contributed by atoms with Gasteiger partial charge < -0.3 is 5.73 Å². The first-order valence-corrected chi connectivity index (χ1v) is 6.88. The second kappa shape index (κ2) is 7.16. The maximum absolute atomic E-state index is 11.8. The minimum atomic E-state index is -3.34. The molecule has 5 nitrogen and oxygen atoms in total. The molecule has 6 heteroatoms. The third kappa shape index (κ3) is 6.09. The SMILES string of the molecule is CCCN(CCC)S(=O)(=O)NCC(C)N. The Bertz CT molecular complexity index is 246. The molecule has 15 heavy (non-hydrogen) atoms. The molecule has 1 atom stereocenters. The first kappa shape index (κ1) is 14.8. The zero-order valence-corrected chi connectivity index (χ0v) is 10.7. The number of nitrogens with two attached hydrogens (primary N) is 1. The first-order valence-electron chi connectivity index (χ1n) is 5.44. The monoisotopic (exact) mass is 237 g/mol. The molecule has 0 fully saturated rings. The van der Waals surface area contributed by atoms with Crippen molar-refractivity contribution >= 4 is 10.2 Å². The lowest BCUT2D eigenvalue weighted by molar-refractivity contribution is 0.401. The van der Waals surface area contributed by atoms with Crippen LogP contribution in [0.25, 0.3) is 0 Å². The maximum Gasteiger partial charge on any atom is 0.279 e. The van der Waals surface area contributed by atoms with Crippen molar-refractivity contribution in [2.75, 3.05) is 19.6 Å². The lowest BCUT2D eigenvalue weighted by Crippen LogP contribution is -2.45. The molecule has 0 aromatic carbocycles. The smallest absolute Gasteiger partial charge is 0.279 e. The molecule has 0 amide bonds. The maximum atomic E-state index is 11.8. The highest BCUT2D eigenvalue weighted by Gasteiger charge is 2.19. The molecular formula is C9H23N3O2S. The second-order valence-corrected chi connectivity index (χ2v) is 5.49. The zero-order valence-electron chi connectivity index (χ0n) is 9.86. The molecule has 0 saturated heterocycles. The number of rotatable bonds is 8. The van der Waals surface area contributed by atoms with Crippen molar-refractivity contribution in [2.24, 2.45) is 5.73 Å². The van der Waals surface area contributed by atoms with Gasteiger partial charge in [-0.05, 0) is 19.8 Å². The van der Waals surface area contributed by atoms with Gasteiger partial charge in [0, 0.05) is 25.7 Å². The molecule has 0 aliphatic rings. The molecule has 3 N–H and O–H groups in total. The van der Waals surface area contributed by atoms with Crippen LogP contribution in [0.1, 0.15) is 33.6 Å². The van der Waals surface area contributed by atoms with Gasteiger partial charge in [-0.15, -0.1) is 0 Å². The second-order valence-electron chi connectivity index (χ2n) is 3.73. The zero-order chi connectivity index (χ0) is 11.9. The van der Waals surface area contributed by atoms with Gasteiger partial charge in [-0.3, -0.25) is 0 Å². The summed E-state index contributed by atoms with van der Waals surface area (Å²) in [7, 11) is -3.34. The Morgan fingerprint density at radius 2 is 1.73 bits per heavy atom. The van der Waals surface area contributed by atoms with Gasteiger partial charge in [-0.25, -0.2) is 4.72 Å². The van der Waals surface area contributed by atoms with Crippen molar-refractivity contribution in [3.63, 3.8) is 0 Å². The fourth-order valence-corrected chi connectivity index (χ4v) is 2.68. The molecule has 1 unspecified atom stereocenters. The topological polar surface area (TPSA) is 75.4 Å². The highest BCUT2D eigenvalue weighted by Crippen LogP contribution is 2.01. The Hall–Kier alpha value is -0.170. The Labute approximate surface area is 93.2 Å². The summed E-state index contributed by atoms with van der Waals surface area (Å²) < 4.78 is 27.5. The number of hydrogen-bond acceptors (Lipinski definition) is 3. The third-order valence-corrected chi connectivity index (χ3v) is 3.45. The van der Waals surface area contributed by atoms with Gasteiger partial charge in [0.05, 0.1) is 0 Å². The van der Waals surface area contributed by atoms with Crippen LogP contribution in [0.4, 0.5) is 0 Å². The Morgan fingerprint density at radius 3 is 2.07 bits per heavy atom. The summed E-state index contributed by atoms with van der Waals surface area (Å²) in [5.41, 5.74) is 5.50. The van der Waals surface area contributed by atoms with Crippen molar-refractivity contribution in [1.29, 1.82) is 0 Å². The third-order valence-electron chi connectivity index (χ3n) is 1.87. The predicted molar refractivity (Wildman–Crippen MR) is 62.7 cm³/mol. The fourth-order valence-electron chi connectivity index (χ4n) is 1.18. The molecule has 0 aromatic rings. The van der Waals surface area contributed by atoms with Crippen LogP contribution in [0.5, 0.6) is 0 Å². The van der Waals surface area contributed by atoms with E-state index in [4.69, 9.17) is 5.73 Å². The van der Waals surface area contributed by atoms with E-state index in [1.165, 1.54) is 4.31 Å². The van der Waals surface area contributed by atoms with E-state index in [1.54, 1.807) is 6.92 Å². The van der Waals surface area contributed by atoms with Crippen LogP contribution in [0.15, 0.2) is 0 Å². The van der Waals surface area contributed by atoms with Crippen LogP contribution < -0.4 is 10.5 Å². The normalized spacial score (nSPS) is 14.5. The summed E-state index contributed by atoms with van der Waals surface area (Å²) in [6.45, 7) is 7.09. The summed E-state index contributed by atoms with van der Waals surface area (Å²) in [4.78, 5) is 0. The number of nitrogens with zero attached hydrogens (tertiary/aromatic N) is 1. The van der Waals surface area contributed by atoms with Crippen molar-refractivity contribution in [1.82, 2.24) is 9.03 Å². The summed E-state index contributed by atoms with van der Waals surface area (Å²) in [6.07, 6.45) is 1.64. The Balaban J connectivity index is 4.35. The summed E-state index contributed by atoms with van der Waals surface area (Å²) in [5.74, 6) is 0. The van der Waals surface area contributed by atoms with Crippen molar-refractivity contribution < 1.29 is 8.42 Å². The summed E-state index contributed by atoms with van der Waals surface area (Å²) in [6, 6.07) is -0.162. The molecule has 0 rings (SSSR count). The standard InChI is InChI=1S/C9H23N3O2S/c1-4-6-12(7-5-2)15(13,14)11-8-9(3)10/h9,11H,4-8,10H2,1-3H3. The van der Waals surface area contributed by atoms with Crippen molar-refractivity contribution in [3.05, 3.63) is 0 Å². The van der Waals surface area contributed by atoms with Gasteiger partial charge in [-0.2, -0.15) is 12.7 Å². The minimum Gasteiger partial charge on any atom is -0.327 e. The molecular weight excluding hydrogens is 214 g/mol. The predicted octanol–water partition coefficient (Wildman–Crippen LogP) is 0.290. The van der Waals surface area contributed by atoms with Crippen LogP contribution in [0.3, 0.4) is 0 Å². The van der Waals surface area contributed by atoms with Gasteiger partial charge >= 0.3 is 0 Å². The lowest BCUT2D eigenvalue weighted by atomic mass is 10.4. The summed E-state index contributed by atoms with van der Waals surface area (Å²) in [5, 5.41) is 0. The van der Waals surface area contributed by atoms with Gasteiger partial charge in [0.15, 0.2) is 0 Å². The Morgan fingerprint density at radius 1 is 1.27 bits per heavy atom. The van der Waals surface area contributed by atoms with E-state index in [0.717, 1.165) is 12.8 Å². The molecule has 0 spiro atoms. The highest BCUT2D eigenvalue weighted by atomic mass is 32.2. The highest BCUT2D eigenvalue weighted by molar-refractivity contribution is 7.87. The van der Waals surface area contributed by atoms with E-state index in [2.05, 4.69) is 4.72 Å². The van der Waals surface area contributed by atoms with E-state index < -0.39 is 10.2 Å². The van der Waals surface area contributed by atoms with Crippen molar-refractivity contribution in [2.45, 2.75) is 39.7 Å². The Kier molecular flexibility index (Phi) is 7.08. The van der Waals surface area contributed by atoms with E-state index >= 15 is 0 Å². The molecule has 0 saturated carbocycles. The largest absolute Gasteiger partial charge is 0.327 e. The fraction of sp³-hybridized carbons (Fsp3) is 1.00. The molecule has 0 aliphatic carbocycles. The number of hydrogen-bond donors (Lipinski definition) is 2. The molecule has 0 bridgehead atoms. The van der Waals surface area contributed by atoms with E-state index in [1.807, 2.05) is 13.8 Å². The van der Waals surface area contributed by atoms with Gasteiger partial charge in [0.25, 0.3) is 10.2 Å². The van der Waals surface area contributed by atoms with Gasteiger partial charge in [0.1, 0.15) is 0 Å². The summed E-state index contributed by atoms with van der Waals surface area (Å²) >= 11 is 0. The van der Waals surface area contributed by atoms with Crippen LogP contribution in [0.2, 0.25) is 0 Å². The molecule has 0 aromatic heterocycles. The molecule has 0 heterocycles. The molecule has 0 radical (unpaired) electrons.